The van der Waals surface area contributed by atoms with Gasteiger partial charge in [0.25, 0.3) is 0 Å². The van der Waals surface area contributed by atoms with Crippen LogP contribution in [0, 0.1) is 41.4 Å². The molecule has 13 atom stereocenters. The predicted molar refractivity (Wildman–Crippen MR) is 252 cm³/mol. The van der Waals surface area contributed by atoms with Crippen LogP contribution in [0.1, 0.15) is 167 Å². The lowest BCUT2D eigenvalue weighted by molar-refractivity contribution is -0.347. The van der Waals surface area contributed by atoms with Crippen molar-refractivity contribution in [2.75, 3.05) is 14.2 Å². The number of aliphatic hydroxyl groups excluding tert-OH is 1. The van der Waals surface area contributed by atoms with Gasteiger partial charge >= 0.3 is 35.8 Å². The fraction of sp³-hybridized carbons (Fsp3) is 0.808. The molecule has 2 fully saturated rings. The molecule has 0 unspecified atom stereocenters. The molecule has 2 saturated heterocycles. The van der Waals surface area contributed by atoms with Crippen molar-refractivity contribution >= 4 is 35.8 Å². The average molecular weight is 951 g/mol. The highest BCUT2D eigenvalue weighted by molar-refractivity contribution is 5.87. The van der Waals surface area contributed by atoms with Gasteiger partial charge in [-0.2, -0.15) is 0 Å². The standard InChI is InChI=1S/C52H86O15/c1-16-44(54)64-42(50(62-39(13)53)38(12)40(63-46(56)22-30(2)3)21-20-36(10)51(59)61-15)27-37(11)49(65-47(57)23-31(4)5)43-25-34(8)29-52(67-43)28-33(7)24-41(66-52)48(58)35(9)19-17-18-32(6)26-45(55)60-14/h19-20,30-34,37-38,40-43,48-50,58H,16-18,21-29H2,1-15H3/b35-19+,36-20+/t32-,33+,34-,37-,38-,40-,41-,42+,43-,48-,49-,50+,52-/m0/s1. The molecule has 1 N–H and O–H groups in total. The van der Waals surface area contributed by atoms with E-state index in [9.17, 15) is 33.9 Å². The van der Waals surface area contributed by atoms with Gasteiger partial charge in [0, 0.05) is 63.4 Å². The molecule has 0 aromatic carbocycles. The van der Waals surface area contributed by atoms with Crippen molar-refractivity contribution in [1.82, 2.24) is 0 Å². The number of aliphatic hydroxyl groups is 1. The van der Waals surface area contributed by atoms with Crippen molar-refractivity contribution in [2.45, 2.75) is 216 Å². The number of methoxy groups -OCH3 is 2. The summed E-state index contributed by atoms with van der Waals surface area (Å²) in [5.74, 6) is -5.06. The number of hydrogen-bond donors (Lipinski definition) is 1. The molecule has 0 radical (unpaired) electrons. The van der Waals surface area contributed by atoms with Gasteiger partial charge in [0.2, 0.25) is 0 Å². The van der Waals surface area contributed by atoms with Crippen molar-refractivity contribution in [3.8, 4) is 0 Å². The number of carbonyl (C=O) groups is 6. The van der Waals surface area contributed by atoms with Crippen LogP contribution in [-0.4, -0.2) is 104 Å². The largest absolute Gasteiger partial charge is 0.469 e. The van der Waals surface area contributed by atoms with Crippen LogP contribution in [0.15, 0.2) is 23.3 Å². The van der Waals surface area contributed by atoms with Crippen LogP contribution in [0.4, 0.5) is 0 Å². The van der Waals surface area contributed by atoms with Crippen molar-refractivity contribution < 1.29 is 71.8 Å². The average Bonchev–Trinajstić information content (AvgIpc) is 3.23. The zero-order valence-electron chi connectivity index (χ0n) is 43.4. The first-order valence-electron chi connectivity index (χ1n) is 24.6. The predicted octanol–water partition coefficient (Wildman–Crippen LogP) is 8.94. The summed E-state index contributed by atoms with van der Waals surface area (Å²) >= 11 is 0. The quantitative estimate of drug-likeness (QED) is 0.0373. The van der Waals surface area contributed by atoms with E-state index in [1.54, 1.807) is 26.8 Å². The zero-order valence-corrected chi connectivity index (χ0v) is 43.4. The summed E-state index contributed by atoms with van der Waals surface area (Å²) in [7, 11) is 2.65. The molecule has 2 aliphatic rings. The Hall–Kier alpha value is -3.82. The number of esters is 6. The molecule has 0 aromatic rings. The Morgan fingerprint density at radius 2 is 1.25 bits per heavy atom. The smallest absolute Gasteiger partial charge is 0.333 e. The van der Waals surface area contributed by atoms with Crippen LogP contribution in [-0.2, 0) is 66.7 Å². The van der Waals surface area contributed by atoms with Gasteiger partial charge in [-0.15, -0.1) is 0 Å². The number of ether oxygens (including phenoxy) is 8. The molecule has 0 bridgehead atoms. The molecule has 67 heavy (non-hydrogen) atoms. The topological polar surface area (TPSA) is 196 Å². The van der Waals surface area contributed by atoms with E-state index in [1.807, 2.05) is 54.5 Å². The van der Waals surface area contributed by atoms with E-state index >= 15 is 0 Å². The lowest BCUT2D eigenvalue weighted by atomic mass is 9.79. The molecule has 0 saturated carbocycles. The van der Waals surface area contributed by atoms with Gasteiger partial charge in [-0.05, 0) is 87.0 Å². The first-order valence-corrected chi connectivity index (χ1v) is 24.6. The molecule has 2 aliphatic heterocycles. The number of allylic oxidation sites excluding steroid dienone is 1. The highest BCUT2D eigenvalue weighted by Gasteiger charge is 2.51. The summed E-state index contributed by atoms with van der Waals surface area (Å²) in [5, 5.41) is 11.7. The number of rotatable bonds is 26. The molecule has 15 heteroatoms. The Kier molecular flexibility index (Phi) is 25.3. The van der Waals surface area contributed by atoms with Crippen LogP contribution in [0.25, 0.3) is 0 Å². The van der Waals surface area contributed by atoms with Gasteiger partial charge in [-0.3, -0.25) is 24.0 Å². The van der Waals surface area contributed by atoms with Crippen molar-refractivity contribution in [3.63, 3.8) is 0 Å². The van der Waals surface area contributed by atoms with E-state index in [4.69, 9.17) is 37.9 Å². The molecular formula is C52H86O15. The first kappa shape index (κ1) is 59.3. The van der Waals surface area contributed by atoms with Crippen LogP contribution >= 0.6 is 0 Å². The molecule has 0 aromatic heterocycles. The van der Waals surface area contributed by atoms with Gasteiger partial charge in [0.15, 0.2) is 5.79 Å². The van der Waals surface area contributed by atoms with Crippen LogP contribution in [0.5, 0.6) is 0 Å². The highest BCUT2D eigenvalue weighted by Crippen LogP contribution is 2.46. The van der Waals surface area contributed by atoms with Crippen molar-refractivity contribution in [3.05, 3.63) is 23.3 Å². The van der Waals surface area contributed by atoms with Gasteiger partial charge < -0.3 is 43.0 Å². The summed E-state index contributed by atoms with van der Waals surface area (Å²) in [5.41, 5.74) is 1.06. The maximum absolute atomic E-state index is 13.7. The van der Waals surface area contributed by atoms with Crippen molar-refractivity contribution in [2.24, 2.45) is 41.4 Å². The summed E-state index contributed by atoms with van der Waals surface area (Å²) < 4.78 is 48.1. The van der Waals surface area contributed by atoms with Gasteiger partial charge in [0.1, 0.15) is 30.5 Å². The molecule has 384 valence electrons. The Labute approximate surface area is 401 Å². The van der Waals surface area contributed by atoms with E-state index in [0.29, 0.717) is 44.1 Å². The van der Waals surface area contributed by atoms with E-state index < -0.39 is 90.2 Å². The molecule has 15 nitrogen and oxygen atoms in total. The Morgan fingerprint density at radius 3 is 1.79 bits per heavy atom. The summed E-state index contributed by atoms with van der Waals surface area (Å²) in [6.45, 7) is 23.8. The minimum absolute atomic E-state index is 0.00205. The molecule has 1 spiro atoms. The monoisotopic (exact) mass is 951 g/mol. The Bertz CT molecular complexity index is 1670. The maximum Gasteiger partial charge on any atom is 0.333 e. The minimum Gasteiger partial charge on any atom is -0.469 e. The summed E-state index contributed by atoms with van der Waals surface area (Å²) in [6.07, 6.45) is 1.80. The maximum atomic E-state index is 13.7. The molecule has 2 heterocycles. The summed E-state index contributed by atoms with van der Waals surface area (Å²) in [6, 6.07) is 0. The van der Waals surface area contributed by atoms with Gasteiger partial charge in [-0.25, -0.2) is 4.79 Å². The molecule has 0 amide bonds. The lowest BCUT2D eigenvalue weighted by Gasteiger charge is -2.52. The van der Waals surface area contributed by atoms with E-state index in [-0.39, 0.29) is 67.7 Å². The van der Waals surface area contributed by atoms with Crippen molar-refractivity contribution in [1.29, 1.82) is 0 Å². The molecule has 2 rings (SSSR count). The second-order valence-electron chi connectivity index (χ2n) is 20.5. The summed E-state index contributed by atoms with van der Waals surface area (Å²) in [4.78, 5) is 77.1. The Morgan fingerprint density at radius 1 is 0.701 bits per heavy atom. The van der Waals surface area contributed by atoms with Crippen LogP contribution < -0.4 is 0 Å². The Balaban J connectivity index is 2.60. The highest BCUT2D eigenvalue weighted by atomic mass is 16.7. The zero-order chi connectivity index (χ0) is 50.8. The van der Waals surface area contributed by atoms with Crippen LogP contribution in [0.2, 0.25) is 0 Å². The minimum atomic E-state index is -1.14. The fourth-order valence-corrected chi connectivity index (χ4v) is 9.32. The van der Waals surface area contributed by atoms with Crippen LogP contribution in [0.3, 0.4) is 0 Å². The SMILES string of the molecule is CCC(=O)O[C@H](C[C@H](C)[C@H](OC(=O)CC(C)C)[C@@H]1C[C@H](C)C[C@]2(C[C@H](C)C[C@@H]([C@@H](O)/C(C)=C/CC[C@H](C)CC(=O)OC)O2)O1)[C@H](OC(C)=O)[C@@H](C)[C@H](C/C=C(\C)C(=O)OC)OC(=O)CC(C)C. The normalized spacial score (nSPS) is 24.9. The van der Waals surface area contributed by atoms with E-state index in [1.165, 1.54) is 21.1 Å². The number of carbonyl (C=O) groups excluding carboxylic acids is 6. The van der Waals surface area contributed by atoms with Gasteiger partial charge in [0.05, 0.1) is 26.4 Å². The third-order valence-corrected chi connectivity index (χ3v) is 12.7. The second-order valence-corrected chi connectivity index (χ2v) is 20.5. The van der Waals surface area contributed by atoms with E-state index in [2.05, 4.69) is 13.8 Å². The molecular weight excluding hydrogens is 865 g/mol. The third-order valence-electron chi connectivity index (χ3n) is 12.7. The first-order chi connectivity index (χ1) is 31.3. The second kappa shape index (κ2) is 28.6. The van der Waals surface area contributed by atoms with Gasteiger partial charge in [-0.1, -0.05) is 81.4 Å². The number of hydrogen-bond acceptors (Lipinski definition) is 15. The molecule has 0 aliphatic carbocycles. The third kappa shape index (κ3) is 20.4. The fourth-order valence-electron chi connectivity index (χ4n) is 9.32. The lowest BCUT2D eigenvalue weighted by Crippen LogP contribution is -2.57. The van der Waals surface area contributed by atoms with E-state index in [0.717, 1.165) is 12.0 Å².